The Balaban J connectivity index is 2.22. The molecule has 0 radical (unpaired) electrons. The Hall–Kier alpha value is -1.77. The predicted molar refractivity (Wildman–Crippen MR) is 64.9 cm³/mol. The Labute approximate surface area is 95.9 Å². The number of ether oxygens (including phenoxy) is 1. The van der Waals surface area contributed by atoms with Crippen LogP contribution in [-0.4, -0.2) is 12.6 Å². The quantitative estimate of drug-likeness (QED) is 0.454. The van der Waals surface area contributed by atoms with E-state index in [1.807, 2.05) is 24.3 Å². The lowest BCUT2D eigenvalue weighted by molar-refractivity contribution is -0.142. The highest BCUT2D eigenvalue weighted by molar-refractivity contribution is 5.69. The van der Waals surface area contributed by atoms with E-state index in [9.17, 15) is 4.79 Å². The minimum atomic E-state index is -0.171. The molecule has 2 N–H and O–H groups in total. The van der Waals surface area contributed by atoms with E-state index in [0.29, 0.717) is 13.0 Å². The number of esters is 1. The number of carbonyl (C=O) groups is 1. The summed E-state index contributed by atoms with van der Waals surface area (Å²) >= 11 is 0. The van der Waals surface area contributed by atoms with Gasteiger partial charge in [0, 0.05) is 12.1 Å². The molecule has 0 aliphatic carbocycles. The van der Waals surface area contributed by atoms with Gasteiger partial charge in [-0.2, -0.15) is 0 Å². The third-order valence-electron chi connectivity index (χ3n) is 2.19. The smallest absolute Gasteiger partial charge is 0.306 e. The lowest BCUT2D eigenvalue weighted by atomic mass is 10.1. The zero-order valence-electron chi connectivity index (χ0n) is 9.32. The third kappa shape index (κ3) is 4.64. The van der Waals surface area contributed by atoms with Crippen LogP contribution < -0.4 is 5.73 Å². The van der Waals surface area contributed by atoms with Crippen LogP contribution in [0.5, 0.6) is 0 Å². The molecule has 16 heavy (non-hydrogen) atoms. The van der Waals surface area contributed by atoms with Crippen LogP contribution in [0.2, 0.25) is 0 Å². The second-order valence-corrected chi connectivity index (χ2v) is 3.57. The van der Waals surface area contributed by atoms with Gasteiger partial charge >= 0.3 is 5.97 Å². The van der Waals surface area contributed by atoms with E-state index in [1.54, 1.807) is 6.08 Å². The average Bonchev–Trinajstić information content (AvgIpc) is 2.29. The van der Waals surface area contributed by atoms with Crippen molar-refractivity contribution >= 4 is 11.7 Å². The minimum Gasteiger partial charge on any atom is -0.461 e. The number of rotatable bonds is 6. The molecule has 0 atom stereocenters. The molecule has 0 bridgehead atoms. The number of nitrogen functional groups attached to an aromatic ring is 1. The SMILES string of the molecule is C=CCOC(=O)CCCc1ccc(N)cc1. The molecule has 0 aliphatic heterocycles. The molecule has 0 spiro atoms. The van der Waals surface area contributed by atoms with Gasteiger partial charge in [0.1, 0.15) is 6.61 Å². The molecular weight excluding hydrogens is 202 g/mol. The molecule has 0 aliphatic rings. The normalized spacial score (nSPS) is 9.75. The summed E-state index contributed by atoms with van der Waals surface area (Å²) in [5, 5.41) is 0. The molecule has 0 saturated carbocycles. The molecule has 0 saturated heterocycles. The Morgan fingerprint density at radius 3 is 2.69 bits per heavy atom. The average molecular weight is 219 g/mol. The molecular formula is C13H17NO2. The summed E-state index contributed by atoms with van der Waals surface area (Å²) in [5.74, 6) is -0.171. The first kappa shape index (κ1) is 12.3. The molecule has 0 aromatic heterocycles. The van der Waals surface area contributed by atoms with Crippen molar-refractivity contribution in [3.8, 4) is 0 Å². The van der Waals surface area contributed by atoms with Crippen molar-refractivity contribution in [1.82, 2.24) is 0 Å². The molecule has 1 aromatic rings. The number of aryl methyl sites for hydroxylation is 1. The van der Waals surface area contributed by atoms with E-state index in [0.717, 1.165) is 18.5 Å². The Morgan fingerprint density at radius 1 is 1.38 bits per heavy atom. The van der Waals surface area contributed by atoms with Gasteiger partial charge in [0.25, 0.3) is 0 Å². The number of nitrogens with two attached hydrogens (primary N) is 1. The Morgan fingerprint density at radius 2 is 2.06 bits per heavy atom. The summed E-state index contributed by atoms with van der Waals surface area (Å²) in [6, 6.07) is 7.69. The summed E-state index contributed by atoms with van der Waals surface area (Å²) in [4.78, 5) is 11.2. The van der Waals surface area contributed by atoms with Crippen molar-refractivity contribution in [3.05, 3.63) is 42.5 Å². The second-order valence-electron chi connectivity index (χ2n) is 3.57. The zero-order chi connectivity index (χ0) is 11.8. The highest BCUT2D eigenvalue weighted by Gasteiger charge is 2.01. The van der Waals surface area contributed by atoms with Gasteiger partial charge in [0.15, 0.2) is 0 Å². The first-order chi connectivity index (χ1) is 7.72. The van der Waals surface area contributed by atoms with Gasteiger partial charge in [-0.3, -0.25) is 4.79 Å². The Kier molecular flexibility index (Phi) is 5.12. The molecule has 0 heterocycles. The van der Waals surface area contributed by atoms with Gasteiger partial charge in [0.05, 0.1) is 0 Å². The van der Waals surface area contributed by atoms with Crippen LogP contribution in [0.3, 0.4) is 0 Å². The van der Waals surface area contributed by atoms with Gasteiger partial charge in [0.2, 0.25) is 0 Å². The third-order valence-corrected chi connectivity index (χ3v) is 2.19. The largest absolute Gasteiger partial charge is 0.461 e. The van der Waals surface area contributed by atoms with Gasteiger partial charge in [-0.15, -0.1) is 0 Å². The van der Waals surface area contributed by atoms with Gasteiger partial charge in [-0.05, 0) is 30.5 Å². The molecule has 3 nitrogen and oxygen atoms in total. The molecule has 86 valence electrons. The first-order valence-electron chi connectivity index (χ1n) is 5.33. The highest BCUT2D eigenvalue weighted by Crippen LogP contribution is 2.09. The van der Waals surface area contributed by atoms with Crippen LogP contribution in [0.15, 0.2) is 36.9 Å². The summed E-state index contributed by atoms with van der Waals surface area (Å²) in [5.41, 5.74) is 7.52. The maximum absolute atomic E-state index is 11.2. The van der Waals surface area contributed by atoms with E-state index < -0.39 is 0 Å². The highest BCUT2D eigenvalue weighted by atomic mass is 16.5. The molecule has 0 amide bonds. The van der Waals surface area contributed by atoms with Crippen molar-refractivity contribution in [1.29, 1.82) is 0 Å². The molecule has 3 heteroatoms. The molecule has 1 aromatic carbocycles. The number of benzene rings is 1. The number of hydrogen-bond acceptors (Lipinski definition) is 3. The number of hydrogen-bond donors (Lipinski definition) is 1. The zero-order valence-corrected chi connectivity index (χ0v) is 9.32. The summed E-state index contributed by atoms with van der Waals surface area (Å²) in [6.45, 7) is 3.77. The minimum absolute atomic E-state index is 0.171. The van der Waals surface area contributed by atoms with Crippen LogP contribution in [0.25, 0.3) is 0 Å². The van der Waals surface area contributed by atoms with Crippen molar-refractivity contribution < 1.29 is 9.53 Å². The monoisotopic (exact) mass is 219 g/mol. The van der Waals surface area contributed by atoms with E-state index in [4.69, 9.17) is 10.5 Å². The van der Waals surface area contributed by atoms with E-state index in [-0.39, 0.29) is 5.97 Å². The predicted octanol–water partition coefficient (Wildman–Crippen LogP) is 2.32. The topological polar surface area (TPSA) is 52.3 Å². The summed E-state index contributed by atoms with van der Waals surface area (Å²) < 4.78 is 4.87. The second kappa shape index (κ2) is 6.67. The Bertz CT molecular complexity index is 343. The molecule has 0 unspecified atom stereocenters. The van der Waals surface area contributed by atoms with Gasteiger partial charge < -0.3 is 10.5 Å². The maximum atomic E-state index is 11.2. The van der Waals surface area contributed by atoms with E-state index in [2.05, 4.69) is 6.58 Å². The standard InChI is InChI=1S/C13H17NO2/c1-2-10-16-13(15)5-3-4-11-6-8-12(14)9-7-11/h2,6-9H,1,3-5,10,14H2. The number of carbonyl (C=O) groups excluding carboxylic acids is 1. The molecule has 0 fully saturated rings. The van der Waals surface area contributed by atoms with Crippen molar-refractivity contribution in [2.24, 2.45) is 0 Å². The van der Waals surface area contributed by atoms with Crippen molar-refractivity contribution in [2.45, 2.75) is 19.3 Å². The molecule has 1 rings (SSSR count). The van der Waals surface area contributed by atoms with Crippen LogP contribution in [0, 0.1) is 0 Å². The fourth-order valence-corrected chi connectivity index (χ4v) is 1.35. The van der Waals surface area contributed by atoms with Crippen molar-refractivity contribution in [2.75, 3.05) is 12.3 Å². The number of anilines is 1. The summed E-state index contributed by atoms with van der Waals surface area (Å²) in [7, 11) is 0. The summed E-state index contributed by atoms with van der Waals surface area (Å²) in [6.07, 6.45) is 3.67. The van der Waals surface area contributed by atoms with Gasteiger partial charge in [-0.1, -0.05) is 24.8 Å². The lowest BCUT2D eigenvalue weighted by Gasteiger charge is -2.02. The van der Waals surface area contributed by atoms with Crippen LogP contribution in [0.1, 0.15) is 18.4 Å². The first-order valence-corrected chi connectivity index (χ1v) is 5.33. The maximum Gasteiger partial charge on any atom is 0.306 e. The van der Waals surface area contributed by atoms with E-state index in [1.165, 1.54) is 5.56 Å². The van der Waals surface area contributed by atoms with Crippen molar-refractivity contribution in [3.63, 3.8) is 0 Å². The van der Waals surface area contributed by atoms with Crippen LogP contribution >= 0.6 is 0 Å². The van der Waals surface area contributed by atoms with Gasteiger partial charge in [-0.25, -0.2) is 0 Å². The van der Waals surface area contributed by atoms with Crippen LogP contribution in [0.4, 0.5) is 5.69 Å². The van der Waals surface area contributed by atoms with E-state index >= 15 is 0 Å². The fourth-order valence-electron chi connectivity index (χ4n) is 1.35. The lowest BCUT2D eigenvalue weighted by Crippen LogP contribution is -2.04. The fraction of sp³-hybridized carbons (Fsp3) is 0.308. The van der Waals surface area contributed by atoms with Crippen LogP contribution in [-0.2, 0) is 16.0 Å².